The molecule has 2 aromatic rings. The fourth-order valence-corrected chi connectivity index (χ4v) is 2.61. The van der Waals surface area contributed by atoms with E-state index in [1.54, 1.807) is 0 Å². The van der Waals surface area contributed by atoms with Crippen molar-refractivity contribution in [3.8, 4) is 5.75 Å². The Morgan fingerprint density at radius 3 is 2.70 bits per heavy atom. The first-order chi connectivity index (χ1) is 9.72. The number of ether oxygens (including phenoxy) is 2. The number of halogens is 1. The van der Waals surface area contributed by atoms with E-state index in [0.29, 0.717) is 12.7 Å². The van der Waals surface area contributed by atoms with Gasteiger partial charge in [0, 0.05) is 11.4 Å². The predicted octanol–water partition coefficient (Wildman–Crippen LogP) is 4.17. The van der Waals surface area contributed by atoms with Gasteiger partial charge in [0.05, 0.1) is 12.7 Å². The highest BCUT2D eigenvalue weighted by molar-refractivity contribution is 6.30. The van der Waals surface area contributed by atoms with E-state index in [4.69, 9.17) is 21.1 Å². The Morgan fingerprint density at radius 1 is 1.25 bits per heavy atom. The average molecular weight is 289 g/mol. The van der Waals surface area contributed by atoms with Gasteiger partial charge < -0.3 is 9.47 Å². The SMILES string of the molecule is Cc1cc(Cl)cc(CC2CO2)c1OCc1ccccc1. The van der Waals surface area contributed by atoms with E-state index in [1.165, 1.54) is 0 Å². The molecule has 0 bridgehead atoms. The Labute approximate surface area is 124 Å². The van der Waals surface area contributed by atoms with Gasteiger partial charge in [-0.3, -0.25) is 0 Å². The van der Waals surface area contributed by atoms with Crippen molar-refractivity contribution in [3.63, 3.8) is 0 Å². The standard InChI is InChI=1S/C17H17ClO2/c1-12-7-15(18)8-14(9-16-11-19-16)17(12)20-10-13-5-3-2-4-6-13/h2-8,16H,9-11H2,1H3. The molecular formula is C17H17ClO2. The maximum Gasteiger partial charge on any atom is 0.126 e. The molecule has 0 N–H and O–H groups in total. The van der Waals surface area contributed by atoms with Crippen LogP contribution in [0.5, 0.6) is 5.75 Å². The number of benzene rings is 2. The van der Waals surface area contributed by atoms with E-state index in [2.05, 4.69) is 12.1 Å². The minimum absolute atomic E-state index is 0.326. The van der Waals surface area contributed by atoms with E-state index < -0.39 is 0 Å². The van der Waals surface area contributed by atoms with Crippen molar-refractivity contribution >= 4 is 11.6 Å². The van der Waals surface area contributed by atoms with E-state index in [9.17, 15) is 0 Å². The van der Waals surface area contributed by atoms with Gasteiger partial charge in [0.15, 0.2) is 0 Å². The highest BCUT2D eigenvalue weighted by Gasteiger charge is 2.25. The fraction of sp³-hybridized carbons (Fsp3) is 0.294. The monoisotopic (exact) mass is 288 g/mol. The molecule has 0 amide bonds. The molecule has 20 heavy (non-hydrogen) atoms. The van der Waals surface area contributed by atoms with Crippen molar-refractivity contribution in [2.45, 2.75) is 26.1 Å². The largest absolute Gasteiger partial charge is 0.488 e. The molecule has 1 fully saturated rings. The van der Waals surface area contributed by atoms with Crippen molar-refractivity contribution in [1.29, 1.82) is 0 Å². The molecule has 3 rings (SSSR count). The first-order valence-corrected chi connectivity index (χ1v) is 7.17. The van der Waals surface area contributed by atoms with Crippen LogP contribution in [0.25, 0.3) is 0 Å². The third kappa shape index (κ3) is 3.33. The number of epoxide rings is 1. The molecule has 0 spiro atoms. The molecule has 0 saturated carbocycles. The molecule has 0 aromatic heterocycles. The van der Waals surface area contributed by atoms with Crippen LogP contribution in [0.2, 0.25) is 5.02 Å². The highest BCUT2D eigenvalue weighted by Crippen LogP contribution is 2.31. The van der Waals surface area contributed by atoms with Gasteiger partial charge in [-0.2, -0.15) is 0 Å². The maximum absolute atomic E-state index is 6.15. The smallest absolute Gasteiger partial charge is 0.126 e. The Hall–Kier alpha value is -1.51. The Bertz CT molecular complexity index is 591. The van der Waals surface area contributed by atoms with Crippen molar-refractivity contribution in [2.75, 3.05) is 6.61 Å². The van der Waals surface area contributed by atoms with Crippen LogP contribution in [0.1, 0.15) is 16.7 Å². The molecule has 1 aliphatic heterocycles. The predicted molar refractivity (Wildman–Crippen MR) is 80.4 cm³/mol. The molecular weight excluding hydrogens is 272 g/mol. The number of aryl methyl sites for hydroxylation is 1. The number of hydrogen-bond donors (Lipinski definition) is 0. The lowest BCUT2D eigenvalue weighted by atomic mass is 10.1. The van der Waals surface area contributed by atoms with Gasteiger partial charge in [0.25, 0.3) is 0 Å². The zero-order chi connectivity index (χ0) is 13.9. The van der Waals surface area contributed by atoms with Crippen LogP contribution in [0.3, 0.4) is 0 Å². The van der Waals surface area contributed by atoms with Gasteiger partial charge >= 0.3 is 0 Å². The van der Waals surface area contributed by atoms with Crippen molar-refractivity contribution in [2.24, 2.45) is 0 Å². The Balaban J connectivity index is 1.79. The summed E-state index contributed by atoms with van der Waals surface area (Å²) < 4.78 is 11.3. The summed E-state index contributed by atoms with van der Waals surface area (Å²) in [5, 5.41) is 0.755. The number of hydrogen-bond acceptors (Lipinski definition) is 2. The normalized spacial score (nSPS) is 17.0. The molecule has 1 saturated heterocycles. The third-order valence-corrected chi connectivity index (χ3v) is 3.61. The van der Waals surface area contributed by atoms with Crippen LogP contribution < -0.4 is 4.74 Å². The van der Waals surface area contributed by atoms with E-state index >= 15 is 0 Å². The van der Waals surface area contributed by atoms with Crippen molar-refractivity contribution < 1.29 is 9.47 Å². The van der Waals surface area contributed by atoms with E-state index in [-0.39, 0.29) is 0 Å². The molecule has 104 valence electrons. The zero-order valence-corrected chi connectivity index (χ0v) is 12.2. The quantitative estimate of drug-likeness (QED) is 0.770. The van der Waals surface area contributed by atoms with Gasteiger partial charge in [0.2, 0.25) is 0 Å². The molecule has 2 nitrogen and oxygen atoms in total. The lowest BCUT2D eigenvalue weighted by molar-refractivity contribution is 0.299. The second kappa shape index (κ2) is 5.86. The summed E-state index contributed by atoms with van der Waals surface area (Å²) >= 11 is 6.15. The van der Waals surface area contributed by atoms with Crippen molar-refractivity contribution in [3.05, 3.63) is 64.2 Å². The second-order valence-electron chi connectivity index (χ2n) is 5.14. The summed E-state index contributed by atoms with van der Waals surface area (Å²) in [6, 6.07) is 14.1. The van der Waals surface area contributed by atoms with Gasteiger partial charge in [-0.05, 0) is 35.7 Å². The average Bonchev–Trinajstić information content (AvgIpc) is 3.23. The first kappa shape index (κ1) is 13.5. The lowest BCUT2D eigenvalue weighted by Crippen LogP contribution is -2.03. The summed E-state index contributed by atoms with van der Waals surface area (Å²) in [6.07, 6.45) is 1.19. The van der Waals surface area contributed by atoms with E-state index in [1.807, 2.05) is 37.3 Å². The van der Waals surface area contributed by atoms with Crippen LogP contribution in [-0.4, -0.2) is 12.7 Å². The molecule has 3 heteroatoms. The lowest BCUT2D eigenvalue weighted by Gasteiger charge is -2.14. The second-order valence-corrected chi connectivity index (χ2v) is 5.58. The van der Waals surface area contributed by atoms with Gasteiger partial charge in [-0.25, -0.2) is 0 Å². The van der Waals surface area contributed by atoms with Crippen LogP contribution in [0, 0.1) is 6.92 Å². The summed E-state index contributed by atoms with van der Waals surface area (Å²) in [7, 11) is 0. The summed E-state index contributed by atoms with van der Waals surface area (Å²) in [6.45, 7) is 3.44. The summed E-state index contributed by atoms with van der Waals surface area (Å²) in [5.74, 6) is 0.939. The molecule has 1 aliphatic rings. The molecule has 1 heterocycles. The molecule has 1 unspecified atom stereocenters. The third-order valence-electron chi connectivity index (χ3n) is 3.39. The minimum Gasteiger partial charge on any atom is -0.488 e. The first-order valence-electron chi connectivity index (χ1n) is 6.80. The molecule has 0 aliphatic carbocycles. The van der Waals surface area contributed by atoms with Crippen molar-refractivity contribution in [1.82, 2.24) is 0 Å². The Morgan fingerprint density at radius 2 is 2.00 bits per heavy atom. The van der Waals surface area contributed by atoms with Gasteiger partial charge in [0.1, 0.15) is 12.4 Å². The number of rotatable bonds is 5. The highest BCUT2D eigenvalue weighted by atomic mass is 35.5. The van der Waals surface area contributed by atoms with Crippen LogP contribution in [0.4, 0.5) is 0 Å². The fourth-order valence-electron chi connectivity index (χ4n) is 2.32. The molecule has 1 atom stereocenters. The van der Waals surface area contributed by atoms with Crippen LogP contribution in [-0.2, 0) is 17.8 Å². The summed E-state index contributed by atoms with van der Waals surface area (Å²) in [5.41, 5.74) is 3.37. The Kier molecular flexibility index (Phi) is 3.95. The molecule has 2 aromatic carbocycles. The van der Waals surface area contributed by atoms with E-state index in [0.717, 1.165) is 40.5 Å². The molecule has 0 radical (unpaired) electrons. The maximum atomic E-state index is 6.15. The topological polar surface area (TPSA) is 21.8 Å². The summed E-state index contributed by atoms with van der Waals surface area (Å²) in [4.78, 5) is 0. The van der Waals surface area contributed by atoms with Gasteiger partial charge in [-0.1, -0.05) is 41.9 Å². The minimum atomic E-state index is 0.326. The van der Waals surface area contributed by atoms with Gasteiger partial charge in [-0.15, -0.1) is 0 Å². The zero-order valence-electron chi connectivity index (χ0n) is 11.4. The van der Waals surface area contributed by atoms with Crippen LogP contribution >= 0.6 is 11.6 Å². The van der Waals surface area contributed by atoms with Crippen LogP contribution in [0.15, 0.2) is 42.5 Å².